The zero-order valence-electron chi connectivity index (χ0n) is 23.6. The molecule has 3 heterocycles. The van der Waals surface area contributed by atoms with Crippen molar-refractivity contribution in [2.45, 2.75) is 0 Å². The number of thiophene rings is 1. The Bertz CT molecular complexity index is 2180. The molecule has 0 fully saturated rings. The Morgan fingerprint density at radius 1 is 0.886 bits per heavy atom. The standard InChI is InChI=1S/C34H24N4O5S/c1-41-22-14-10-20(11-15-22)26-18-27(25-9-5-7-19-6-3-4-8-24(19)25)36-33-28(26)29(35)32(44-33)31(39)30-34(40)43-37-38(30)21-12-16-23(42-2)17-13-21/h3-18H,1-2H3,(H2-,35,37,39,40). The molecule has 10 heteroatoms. The van der Waals surface area contributed by atoms with Gasteiger partial charge in [0.2, 0.25) is 5.69 Å². The van der Waals surface area contributed by atoms with Crippen LogP contribution in [0.2, 0.25) is 0 Å². The van der Waals surface area contributed by atoms with Crippen LogP contribution in [0.1, 0.15) is 15.4 Å². The molecule has 7 aromatic rings. The lowest BCUT2D eigenvalue weighted by Gasteiger charge is -2.11. The molecule has 0 amide bonds. The lowest BCUT2D eigenvalue weighted by atomic mass is 9.97. The van der Waals surface area contributed by atoms with Gasteiger partial charge in [0.25, 0.3) is 5.78 Å². The Hall–Kier alpha value is -5.74. The molecular formula is C34H24N4O5S. The maximum Gasteiger partial charge on any atom is 0.312 e. The van der Waals surface area contributed by atoms with Crippen LogP contribution in [-0.4, -0.2) is 30.3 Å². The number of hydrogen-bond donors (Lipinski definition) is 1. The molecule has 2 N–H and O–H groups in total. The number of hydrogen-bond acceptors (Lipinski definition) is 9. The van der Waals surface area contributed by atoms with Crippen LogP contribution in [0.5, 0.6) is 17.4 Å². The van der Waals surface area contributed by atoms with Crippen LogP contribution in [-0.2, 0) is 0 Å². The molecular weight excluding hydrogens is 576 g/mol. The summed E-state index contributed by atoms with van der Waals surface area (Å²) in [7, 11) is 3.16. The Morgan fingerprint density at radius 3 is 2.30 bits per heavy atom. The van der Waals surface area contributed by atoms with E-state index in [0.717, 1.165) is 44.5 Å². The van der Waals surface area contributed by atoms with E-state index in [0.29, 0.717) is 27.4 Å². The van der Waals surface area contributed by atoms with Crippen molar-refractivity contribution in [2.24, 2.45) is 0 Å². The summed E-state index contributed by atoms with van der Waals surface area (Å²) in [4.78, 5) is 19.8. The number of pyridine rings is 1. The minimum absolute atomic E-state index is 0.167. The van der Waals surface area contributed by atoms with E-state index in [9.17, 15) is 9.90 Å². The summed E-state index contributed by atoms with van der Waals surface area (Å²) in [6, 6.07) is 30.5. The molecule has 4 aromatic carbocycles. The van der Waals surface area contributed by atoms with Crippen molar-refractivity contribution >= 4 is 43.8 Å². The van der Waals surface area contributed by atoms with Crippen molar-refractivity contribution in [1.82, 2.24) is 10.3 Å². The molecule has 7 rings (SSSR count). The van der Waals surface area contributed by atoms with E-state index in [1.807, 2.05) is 54.6 Å². The van der Waals surface area contributed by atoms with Gasteiger partial charge < -0.3 is 24.8 Å². The topological polar surface area (TPSA) is 127 Å². The zero-order chi connectivity index (χ0) is 30.4. The summed E-state index contributed by atoms with van der Waals surface area (Å²) in [5, 5.41) is 19.4. The number of fused-ring (bicyclic) bond motifs is 2. The fraction of sp³-hybridized carbons (Fsp3) is 0.0588. The number of nitrogens with zero attached hydrogens (tertiary/aromatic N) is 3. The van der Waals surface area contributed by atoms with E-state index in [1.165, 1.54) is 4.68 Å². The van der Waals surface area contributed by atoms with Crippen LogP contribution < -0.4 is 25.0 Å². The molecule has 0 bridgehead atoms. The van der Waals surface area contributed by atoms with E-state index >= 15 is 0 Å². The third kappa shape index (κ3) is 4.48. The van der Waals surface area contributed by atoms with Gasteiger partial charge in [-0.1, -0.05) is 54.6 Å². The Labute approximate surface area is 255 Å². The van der Waals surface area contributed by atoms with Gasteiger partial charge in [0.05, 0.1) is 30.9 Å². The summed E-state index contributed by atoms with van der Waals surface area (Å²) < 4.78 is 16.7. The Kier molecular flexibility index (Phi) is 6.67. The molecule has 0 saturated carbocycles. The number of carbonyl (C=O) groups excluding carboxylic acids is 1. The summed E-state index contributed by atoms with van der Waals surface area (Å²) in [6.07, 6.45) is 0. The maximum absolute atomic E-state index is 14.0. The quantitative estimate of drug-likeness (QED) is 0.176. The molecule has 0 aliphatic carbocycles. The zero-order valence-corrected chi connectivity index (χ0v) is 24.4. The number of ketones is 1. The second-order valence-corrected chi connectivity index (χ2v) is 11.0. The molecule has 9 nitrogen and oxygen atoms in total. The van der Waals surface area contributed by atoms with E-state index in [-0.39, 0.29) is 16.3 Å². The van der Waals surface area contributed by atoms with Crippen LogP contribution in [0.4, 0.5) is 5.69 Å². The number of anilines is 1. The fourth-order valence-electron chi connectivity index (χ4n) is 5.32. The summed E-state index contributed by atoms with van der Waals surface area (Å²) in [5.74, 6) is -0.163. The SMILES string of the molecule is COc1ccc(-c2cc(-c3cccc4ccccc34)nc3sc(C(=O)c4c([O-])on[n+]4-c4ccc(OC)cc4)c(N)c23)cc1. The highest BCUT2D eigenvalue weighted by molar-refractivity contribution is 7.21. The van der Waals surface area contributed by atoms with E-state index < -0.39 is 11.7 Å². The van der Waals surface area contributed by atoms with Crippen LogP contribution in [0, 0.1) is 0 Å². The van der Waals surface area contributed by atoms with Crippen molar-refractivity contribution in [2.75, 3.05) is 20.0 Å². The van der Waals surface area contributed by atoms with Gasteiger partial charge in [-0.25, -0.2) is 4.98 Å². The highest BCUT2D eigenvalue weighted by Gasteiger charge is 2.33. The fourth-order valence-corrected chi connectivity index (χ4v) is 6.38. The van der Waals surface area contributed by atoms with Crippen LogP contribution in [0.15, 0.2) is 102 Å². The van der Waals surface area contributed by atoms with Gasteiger partial charge in [0, 0.05) is 23.1 Å². The number of nitrogen functional groups attached to an aromatic ring is 1. The van der Waals surface area contributed by atoms with Crippen molar-refractivity contribution in [3.63, 3.8) is 0 Å². The smallest absolute Gasteiger partial charge is 0.312 e. The lowest BCUT2D eigenvalue weighted by Crippen LogP contribution is -2.39. The van der Waals surface area contributed by atoms with Gasteiger partial charge in [-0.3, -0.25) is 4.79 Å². The Morgan fingerprint density at radius 2 is 1.57 bits per heavy atom. The number of ether oxygens (including phenoxy) is 2. The molecule has 0 saturated heterocycles. The van der Waals surface area contributed by atoms with Crippen LogP contribution >= 0.6 is 11.3 Å². The van der Waals surface area contributed by atoms with Crippen molar-refractivity contribution in [3.05, 3.63) is 108 Å². The maximum atomic E-state index is 14.0. The first-order valence-electron chi connectivity index (χ1n) is 13.6. The van der Waals surface area contributed by atoms with Crippen molar-refractivity contribution < 1.29 is 28.6 Å². The monoisotopic (exact) mass is 600 g/mol. The molecule has 0 radical (unpaired) electrons. The minimum atomic E-state index is -0.873. The second-order valence-electron chi connectivity index (χ2n) is 9.98. The molecule has 0 aliphatic heterocycles. The third-order valence-corrected chi connectivity index (χ3v) is 8.61. The van der Waals surface area contributed by atoms with Gasteiger partial charge in [-0.15, -0.1) is 11.3 Å². The van der Waals surface area contributed by atoms with E-state index in [2.05, 4.69) is 23.5 Å². The number of rotatable bonds is 7. The van der Waals surface area contributed by atoms with Crippen molar-refractivity contribution in [3.8, 4) is 45.5 Å². The summed E-state index contributed by atoms with van der Waals surface area (Å²) in [6.45, 7) is 0. The first kappa shape index (κ1) is 27.1. The largest absolute Gasteiger partial charge is 0.539 e. The second kappa shape index (κ2) is 10.8. The third-order valence-electron chi connectivity index (χ3n) is 7.51. The first-order valence-corrected chi connectivity index (χ1v) is 14.4. The molecule has 3 aromatic heterocycles. The number of aromatic nitrogens is 3. The van der Waals surface area contributed by atoms with Gasteiger partial charge in [0.1, 0.15) is 21.2 Å². The van der Waals surface area contributed by atoms with Gasteiger partial charge in [-0.05, 0) is 56.9 Å². The highest BCUT2D eigenvalue weighted by atomic mass is 32.1. The molecule has 0 spiro atoms. The van der Waals surface area contributed by atoms with Crippen LogP contribution in [0.3, 0.4) is 0 Å². The number of benzene rings is 4. The van der Waals surface area contributed by atoms with Gasteiger partial charge >= 0.3 is 5.69 Å². The summed E-state index contributed by atoms with van der Waals surface area (Å²) >= 11 is 1.13. The molecule has 0 aliphatic rings. The Balaban J connectivity index is 1.43. The highest BCUT2D eigenvalue weighted by Crippen LogP contribution is 2.43. The van der Waals surface area contributed by atoms with Gasteiger partial charge in [0.15, 0.2) is 5.95 Å². The number of nitrogens with two attached hydrogens (primary N) is 1. The lowest BCUT2D eigenvalue weighted by molar-refractivity contribution is -0.672. The van der Waals surface area contributed by atoms with E-state index in [1.54, 1.807) is 38.5 Å². The predicted octanol–water partition coefficient (Wildman–Crippen LogP) is 5.95. The number of carbonyl (C=O) groups is 1. The minimum Gasteiger partial charge on any atom is -0.539 e. The molecule has 0 unspecified atom stereocenters. The average Bonchev–Trinajstić information content (AvgIpc) is 3.63. The predicted molar refractivity (Wildman–Crippen MR) is 166 cm³/mol. The van der Waals surface area contributed by atoms with E-state index in [4.69, 9.17) is 24.7 Å². The average molecular weight is 601 g/mol. The van der Waals surface area contributed by atoms with Crippen molar-refractivity contribution in [1.29, 1.82) is 0 Å². The van der Waals surface area contributed by atoms with Gasteiger partial charge in [-0.2, -0.15) is 0 Å². The number of methoxy groups -OCH3 is 2. The molecule has 44 heavy (non-hydrogen) atoms. The first-order chi connectivity index (χ1) is 21.5. The normalized spacial score (nSPS) is 11.2. The molecule has 216 valence electrons. The summed E-state index contributed by atoms with van der Waals surface area (Å²) in [5.41, 5.74) is 10.5. The molecule has 0 atom stereocenters. The van der Waals surface area contributed by atoms with Crippen LogP contribution in [0.25, 0.3) is 49.1 Å².